The fraction of sp³-hybridized carbons (Fsp3) is 0.400. The molecule has 0 saturated heterocycles. The van der Waals surface area contributed by atoms with E-state index >= 15 is 0 Å². The van der Waals surface area contributed by atoms with Crippen LogP contribution in [0, 0.1) is 6.92 Å². The quantitative estimate of drug-likeness (QED) is 0.682. The molecule has 0 unspecified atom stereocenters. The molecule has 1 heteroatoms. The molecule has 0 saturated carbocycles. The van der Waals surface area contributed by atoms with Gasteiger partial charge in [-0.3, -0.25) is 0 Å². The average molecular weight is 149 g/mol. The summed E-state index contributed by atoms with van der Waals surface area (Å²) in [7, 11) is 0. The zero-order valence-electron chi connectivity index (χ0n) is 7.17. The number of benzene rings is 1. The summed E-state index contributed by atoms with van der Waals surface area (Å²) in [6.07, 6.45) is 0.972. The standard InChI is InChI=1S/C10H15N/c1-8-3-5-10(6-4-8)7-9(2)11/h3-6,9H,7,11H2,1-2H3/t9-/m0/s1. The van der Waals surface area contributed by atoms with Crippen molar-refractivity contribution in [2.24, 2.45) is 5.73 Å². The number of rotatable bonds is 2. The first-order valence-electron chi connectivity index (χ1n) is 3.99. The normalized spacial score (nSPS) is 13.0. The number of hydrogen-bond acceptors (Lipinski definition) is 1. The minimum absolute atomic E-state index is 0.262. The first-order chi connectivity index (χ1) is 5.18. The molecule has 0 aromatic heterocycles. The smallest absolute Gasteiger partial charge is 0.00509 e. The van der Waals surface area contributed by atoms with E-state index in [4.69, 9.17) is 5.73 Å². The fourth-order valence-electron chi connectivity index (χ4n) is 1.10. The molecular formula is C10H15N. The molecule has 0 spiro atoms. The van der Waals surface area contributed by atoms with Gasteiger partial charge in [0.05, 0.1) is 0 Å². The molecule has 1 rings (SSSR count). The van der Waals surface area contributed by atoms with Crippen LogP contribution in [0.1, 0.15) is 18.1 Å². The van der Waals surface area contributed by atoms with E-state index in [0.29, 0.717) is 0 Å². The van der Waals surface area contributed by atoms with Crippen LogP contribution in [0.25, 0.3) is 0 Å². The summed E-state index contributed by atoms with van der Waals surface area (Å²) >= 11 is 0. The third-order valence-electron chi connectivity index (χ3n) is 1.68. The van der Waals surface area contributed by atoms with Gasteiger partial charge in [-0.05, 0) is 25.8 Å². The predicted molar refractivity (Wildman–Crippen MR) is 48.5 cm³/mol. The summed E-state index contributed by atoms with van der Waals surface area (Å²) in [4.78, 5) is 0. The average Bonchev–Trinajstić information content (AvgIpc) is 1.93. The molecule has 0 radical (unpaired) electrons. The summed E-state index contributed by atoms with van der Waals surface area (Å²) in [5, 5.41) is 0. The zero-order valence-corrected chi connectivity index (χ0v) is 7.17. The Hall–Kier alpha value is -0.820. The lowest BCUT2D eigenvalue weighted by Crippen LogP contribution is -2.17. The van der Waals surface area contributed by atoms with Crippen molar-refractivity contribution in [3.8, 4) is 0 Å². The Morgan fingerprint density at radius 3 is 2.27 bits per heavy atom. The van der Waals surface area contributed by atoms with E-state index in [1.54, 1.807) is 0 Å². The Balaban J connectivity index is 2.66. The van der Waals surface area contributed by atoms with Crippen LogP contribution in [-0.4, -0.2) is 6.04 Å². The van der Waals surface area contributed by atoms with E-state index in [1.807, 2.05) is 6.92 Å². The summed E-state index contributed by atoms with van der Waals surface area (Å²) in [5.74, 6) is 0. The zero-order chi connectivity index (χ0) is 8.27. The monoisotopic (exact) mass is 149 g/mol. The van der Waals surface area contributed by atoms with E-state index in [-0.39, 0.29) is 6.04 Å². The lowest BCUT2D eigenvalue weighted by molar-refractivity contribution is 0.738. The van der Waals surface area contributed by atoms with Gasteiger partial charge in [-0.25, -0.2) is 0 Å². The van der Waals surface area contributed by atoms with Crippen molar-refractivity contribution in [3.05, 3.63) is 35.4 Å². The topological polar surface area (TPSA) is 26.0 Å². The van der Waals surface area contributed by atoms with Crippen molar-refractivity contribution in [1.82, 2.24) is 0 Å². The van der Waals surface area contributed by atoms with Crippen molar-refractivity contribution < 1.29 is 0 Å². The molecule has 0 aliphatic carbocycles. The largest absolute Gasteiger partial charge is 0.328 e. The van der Waals surface area contributed by atoms with Gasteiger partial charge in [0.1, 0.15) is 0 Å². The van der Waals surface area contributed by atoms with Crippen molar-refractivity contribution in [1.29, 1.82) is 0 Å². The Kier molecular flexibility index (Phi) is 2.66. The molecule has 11 heavy (non-hydrogen) atoms. The summed E-state index contributed by atoms with van der Waals surface area (Å²) in [6.45, 7) is 4.12. The van der Waals surface area contributed by atoms with Crippen molar-refractivity contribution in [2.75, 3.05) is 0 Å². The fourth-order valence-corrected chi connectivity index (χ4v) is 1.10. The molecule has 2 N–H and O–H groups in total. The van der Waals surface area contributed by atoms with Gasteiger partial charge in [-0.1, -0.05) is 29.8 Å². The molecule has 1 aromatic rings. The Morgan fingerprint density at radius 1 is 1.27 bits per heavy atom. The van der Waals surface area contributed by atoms with E-state index in [1.165, 1.54) is 11.1 Å². The number of nitrogens with two attached hydrogens (primary N) is 1. The molecule has 0 aliphatic rings. The van der Waals surface area contributed by atoms with Gasteiger partial charge in [0.15, 0.2) is 0 Å². The molecule has 1 atom stereocenters. The molecule has 0 amide bonds. The summed E-state index contributed by atoms with van der Waals surface area (Å²) in [5.41, 5.74) is 8.29. The minimum Gasteiger partial charge on any atom is -0.328 e. The highest BCUT2D eigenvalue weighted by Crippen LogP contribution is 2.04. The van der Waals surface area contributed by atoms with Crippen molar-refractivity contribution in [3.63, 3.8) is 0 Å². The highest BCUT2D eigenvalue weighted by Gasteiger charge is 1.95. The van der Waals surface area contributed by atoms with E-state index in [9.17, 15) is 0 Å². The third kappa shape index (κ3) is 2.72. The van der Waals surface area contributed by atoms with Gasteiger partial charge < -0.3 is 5.73 Å². The second-order valence-electron chi connectivity index (χ2n) is 3.17. The molecule has 0 fully saturated rings. The van der Waals surface area contributed by atoms with Crippen LogP contribution in [0.15, 0.2) is 24.3 Å². The predicted octanol–water partition coefficient (Wildman–Crippen LogP) is 1.88. The van der Waals surface area contributed by atoms with Gasteiger partial charge in [0.25, 0.3) is 0 Å². The van der Waals surface area contributed by atoms with Gasteiger partial charge in [-0.15, -0.1) is 0 Å². The van der Waals surface area contributed by atoms with Crippen LogP contribution in [0.2, 0.25) is 0 Å². The van der Waals surface area contributed by atoms with Crippen LogP contribution in [-0.2, 0) is 6.42 Å². The van der Waals surface area contributed by atoms with E-state index < -0.39 is 0 Å². The molecule has 0 heterocycles. The molecule has 1 nitrogen and oxygen atoms in total. The molecule has 1 aromatic carbocycles. The van der Waals surface area contributed by atoms with Gasteiger partial charge in [0.2, 0.25) is 0 Å². The highest BCUT2D eigenvalue weighted by atomic mass is 14.6. The van der Waals surface area contributed by atoms with E-state index in [0.717, 1.165) is 6.42 Å². The second kappa shape index (κ2) is 3.54. The van der Waals surface area contributed by atoms with Crippen LogP contribution in [0.4, 0.5) is 0 Å². The van der Waals surface area contributed by atoms with Crippen LogP contribution < -0.4 is 5.73 Å². The Bertz CT molecular complexity index is 211. The Morgan fingerprint density at radius 2 is 1.82 bits per heavy atom. The Labute approximate surface area is 68.2 Å². The minimum atomic E-state index is 0.262. The second-order valence-corrected chi connectivity index (χ2v) is 3.17. The molecule has 0 bridgehead atoms. The van der Waals surface area contributed by atoms with Crippen molar-refractivity contribution in [2.45, 2.75) is 26.3 Å². The molecule has 0 aliphatic heterocycles. The molecular weight excluding hydrogens is 134 g/mol. The highest BCUT2D eigenvalue weighted by molar-refractivity contribution is 5.21. The third-order valence-corrected chi connectivity index (χ3v) is 1.68. The maximum absolute atomic E-state index is 5.66. The van der Waals surface area contributed by atoms with Gasteiger partial charge in [0, 0.05) is 6.04 Å². The maximum atomic E-state index is 5.66. The number of hydrogen-bond donors (Lipinski definition) is 1. The van der Waals surface area contributed by atoms with Gasteiger partial charge in [-0.2, -0.15) is 0 Å². The van der Waals surface area contributed by atoms with E-state index in [2.05, 4.69) is 31.2 Å². The summed E-state index contributed by atoms with van der Waals surface area (Å²) in [6, 6.07) is 8.78. The summed E-state index contributed by atoms with van der Waals surface area (Å²) < 4.78 is 0. The van der Waals surface area contributed by atoms with Crippen LogP contribution in [0.3, 0.4) is 0 Å². The first kappa shape index (κ1) is 8.28. The van der Waals surface area contributed by atoms with Crippen LogP contribution >= 0.6 is 0 Å². The maximum Gasteiger partial charge on any atom is 0.00509 e. The lowest BCUT2D eigenvalue weighted by Gasteiger charge is -2.04. The SMILES string of the molecule is Cc1ccc(C[C@H](C)N)cc1. The first-order valence-corrected chi connectivity index (χ1v) is 3.99. The van der Waals surface area contributed by atoms with Gasteiger partial charge >= 0.3 is 0 Å². The van der Waals surface area contributed by atoms with Crippen LogP contribution in [0.5, 0.6) is 0 Å². The lowest BCUT2D eigenvalue weighted by atomic mass is 10.1. The molecule has 60 valence electrons. The number of aryl methyl sites for hydroxylation is 1. The van der Waals surface area contributed by atoms with Crippen molar-refractivity contribution >= 4 is 0 Å².